The van der Waals surface area contributed by atoms with Gasteiger partial charge in [0.2, 0.25) is 21.8 Å². The smallest absolute Gasteiger partial charge is 0.244 e. The Kier molecular flexibility index (Phi) is 10.4. The summed E-state index contributed by atoms with van der Waals surface area (Å²) in [6.07, 6.45) is 0.832. The number of benzene rings is 3. The molecule has 224 valence electrons. The van der Waals surface area contributed by atoms with Crippen LogP contribution in [0.2, 0.25) is 0 Å². The number of halogens is 1. The number of rotatable bonds is 13. The van der Waals surface area contributed by atoms with Gasteiger partial charge < -0.3 is 19.7 Å². The van der Waals surface area contributed by atoms with E-state index < -0.39 is 40.2 Å². The molecule has 0 saturated heterocycles. The van der Waals surface area contributed by atoms with Crippen molar-refractivity contribution in [3.05, 3.63) is 89.7 Å². The van der Waals surface area contributed by atoms with Crippen LogP contribution in [0.15, 0.2) is 72.8 Å². The van der Waals surface area contributed by atoms with Crippen LogP contribution in [-0.4, -0.2) is 63.2 Å². The SMILES string of the molecule is CCCNC(=O)[C@H](Cc1ccccc1)N(Cc1ccccc1F)C(=O)CN(c1ccc2c(c1)OCCO2)S(=O)(=O)CC. The molecule has 1 N–H and O–H groups in total. The van der Waals surface area contributed by atoms with Gasteiger partial charge >= 0.3 is 0 Å². The average Bonchev–Trinajstić information content (AvgIpc) is 3.01. The lowest BCUT2D eigenvalue weighted by molar-refractivity contribution is -0.140. The fraction of sp³-hybridized carbons (Fsp3) is 0.355. The summed E-state index contributed by atoms with van der Waals surface area (Å²) in [6.45, 7) is 3.63. The van der Waals surface area contributed by atoms with Gasteiger partial charge in [0.05, 0.1) is 11.4 Å². The Hall–Kier alpha value is -4.12. The number of sulfonamides is 1. The lowest BCUT2D eigenvalue weighted by Gasteiger charge is -2.34. The van der Waals surface area contributed by atoms with Gasteiger partial charge in [0.15, 0.2) is 11.5 Å². The van der Waals surface area contributed by atoms with E-state index in [0.29, 0.717) is 37.7 Å². The van der Waals surface area contributed by atoms with Crippen molar-refractivity contribution in [3.8, 4) is 11.5 Å². The van der Waals surface area contributed by atoms with Crippen molar-refractivity contribution >= 4 is 27.5 Å². The van der Waals surface area contributed by atoms with E-state index in [9.17, 15) is 22.4 Å². The molecule has 1 atom stereocenters. The molecule has 3 aromatic rings. The molecule has 4 rings (SSSR count). The Labute approximate surface area is 246 Å². The summed E-state index contributed by atoms with van der Waals surface area (Å²) in [5.41, 5.74) is 1.22. The topological polar surface area (TPSA) is 105 Å². The van der Waals surface area contributed by atoms with Crippen LogP contribution in [0.25, 0.3) is 0 Å². The van der Waals surface area contributed by atoms with E-state index in [-0.39, 0.29) is 30.0 Å². The molecule has 0 fully saturated rings. The molecular formula is C31H36FN3O6S. The number of hydrogen-bond acceptors (Lipinski definition) is 6. The fourth-order valence-electron chi connectivity index (χ4n) is 4.64. The Morgan fingerprint density at radius 3 is 2.33 bits per heavy atom. The van der Waals surface area contributed by atoms with Gasteiger partial charge in [-0.2, -0.15) is 0 Å². The van der Waals surface area contributed by atoms with E-state index in [4.69, 9.17) is 9.47 Å². The first-order valence-electron chi connectivity index (χ1n) is 14.0. The summed E-state index contributed by atoms with van der Waals surface area (Å²) in [6, 6.07) is 18.8. The highest BCUT2D eigenvalue weighted by molar-refractivity contribution is 7.92. The number of nitrogens with zero attached hydrogens (tertiary/aromatic N) is 2. The first kappa shape index (κ1) is 30.8. The molecule has 9 nitrogen and oxygen atoms in total. The maximum atomic E-state index is 14.9. The van der Waals surface area contributed by atoms with Gasteiger partial charge in [-0.05, 0) is 37.1 Å². The molecule has 0 aromatic heterocycles. The Bertz CT molecular complexity index is 1480. The van der Waals surface area contributed by atoms with E-state index in [1.165, 1.54) is 30.0 Å². The largest absolute Gasteiger partial charge is 0.486 e. The van der Waals surface area contributed by atoms with E-state index in [2.05, 4.69) is 5.32 Å². The van der Waals surface area contributed by atoms with Crippen LogP contribution < -0.4 is 19.1 Å². The number of fused-ring (bicyclic) bond motifs is 1. The lowest BCUT2D eigenvalue weighted by atomic mass is 10.0. The molecule has 0 spiro atoms. The van der Waals surface area contributed by atoms with Gasteiger partial charge in [0.1, 0.15) is 31.6 Å². The van der Waals surface area contributed by atoms with Crippen LogP contribution in [0.5, 0.6) is 11.5 Å². The Balaban J connectivity index is 1.75. The van der Waals surface area contributed by atoms with E-state index >= 15 is 0 Å². The van der Waals surface area contributed by atoms with Gasteiger partial charge in [-0.25, -0.2) is 12.8 Å². The van der Waals surface area contributed by atoms with Crippen molar-refractivity contribution in [3.63, 3.8) is 0 Å². The van der Waals surface area contributed by atoms with Gasteiger partial charge in [0, 0.05) is 31.1 Å². The summed E-state index contributed by atoms with van der Waals surface area (Å²) >= 11 is 0. The van der Waals surface area contributed by atoms with Crippen molar-refractivity contribution in [1.29, 1.82) is 0 Å². The van der Waals surface area contributed by atoms with Crippen molar-refractivity contribution in [2.45, 2.75) is 39.3 Å². The third-order valence-electron chi connectivity index (χ3n) is 6.91. The minimum atomic E-state index is -3.95. The number of amides is 2. The average molecular weight is 598 g/mol. The third-order valence-corrected chi connectivity index (χ3v) is 8.65. The maximum absolute atomic E-state index is 14.9. The standard InChI is InChI=1S/C31H36FN3O6S/c1-3-16-33-31(37)27(19-23-10-6-5-7-11-23)34(21-24-12-8-9-13-26(24)32)30(36)22-35(42(38,39)4-2)25-14-15-28-29(20-25)41-18-17-40-28/h5-15,20,27H,3-4,16-19,21-22H2,1-2H3,(H,33,37)/t27-/m0/s1. The minimum Gasteiger partial charge on any atom is -0.486 e. The van der Waals surface area contributed by atoms with Crippen LogP contribution in [0.4, 0.5) is 10.1 Å². The van der Waals surface area contributed by atoms with E-state index in [0.717, 1.165) is 9.87 Å². The molecule has 0 radical (unpaired) electrons. The number of nitrogens with one attached hydrogen (secondary N) is 1. The van der Waals surface area contributed by atoms with E-state index in [1.54, 1.807) is 24.3 Å². The second-order valence-corrected chi connectivity index (χ2v) is 12.0. The van der Waals surface area contributed by atoms with Crippen molar-refractivity contribution in [2.75, 3.05) is 36.4 Å². The highest BCUT2D eigenvalue weighted by Gasteiger charge is 2.34. The van der Waals surface area contributed by atoms with Crippen molar-refractivity contribution < 1.29 is 31.9 Å². The molecule has 1 heterocycles. The normalized spacial score (nSPS) is 13.2. The van der Waals surface area contributed by atoms with Gasteiger partial charge in [-0.3, -0.25) is 13.9 Å². The number of ether oxygens (including phenoxy) is 2. The molecular weight excluding hydrogens is 561 g/mol. The summed E-state index contributed by atoms with van der Waals surface area (Å²) in [4.78, 5) is 29.0. The zero-order chi connectivity index (χ0) is 30.1. The summed E-state index contributed by atoms with van der Waals surface area (Å²) < 4.78 is 53.7. The summed E-state index contributed by atoms with van der Waals surface area (Å²) in [7, 11) is -3.95. The highest BCUT2D eigenvalue weighted by atomic mass is 32.2. The fourth-order valence-corrected chi connectivity index (χ4v) is 5.69. The van der Waals surface area contributed by atoms with Crippen molar-refractivity contribution in [2.24, 2.45) is 0 Å². The first-order valence-corrected chi connectivity index (χ1v) is 15.6. The molecule has 1 aliphatic heterocycles. The maximum Gasteiger partial charge on any atom is 0.244 e. The zero-order valence-electron chi connectivity index (χ0n) is 23.8. The minimum absolute atomic E-state index is 0.154. The molecule has 42 heavy (non-hydrogen) atoms. The number of hydrogen-bond donors (Lipinski definition) is 1. The van der Waals surface area contributed by atoms with Crippen LogP contribution in [0.1, 0.15) is 31.4 Å². The number of carbonyl (C=O) groups is 2. The monoisotopic (exact) mass is 597 g/mol. The molecule has 11 heteroatoms. The second-order valence-electron chi connectivity index (χ2n) is 9.84. The Morgan fingerprint density at radius 1 is 0.952 bits per heavy atom. The predicted molar refractivity (Wildman–Crippen MR) is 158 cm³/mol. The molecule has 0 unspecified atom stereocenters. The van der Waals surface area contributed by atoms with Crippen LogP contribution in [0.3, 0.4) is 0 Å². The first-order chi connectivity index (χ1) is 20.2. The van der Waals surface area contributed by atoms with Gasteiger partial charge in [0.25, 0.3) is 0 Å². The van der Waals surface area contributed by atoms with Gasteiger partial charge in [-0.15, -0.1) is 0 Å². The molecule has 3 aromatic carbocycles. The van der Waals surface area contributed by atoms with Crippen LogP contribution >= 0.6 is 0 Å². The second kappa shape index (κ2) is 14.2. The molecule has 1 aliphatic rings. The van der Waals surface area contributed by atoms with Gasteiger partial charge in [-0.1, -0.05) is 55.5 Å². The quantitative estimate of drug-likeness (QED) is 0.320. The molecule has 0 saturated carbocycles. The number of carbonyl (C=O) groups excluding carboxylic acids is 2. The summed E-state index contributed by atoms with van der Waals surface area (Å²) in [5, 5.41) is 2.86. The third kappa shape index (κ3) is 7.58. The molecule has 2 amide bonds. The summed E-state index contributed by atoms with van der Waals surface area (Å²) in [5.74, 6) is -1.03. The van der Waals surface area contributed by atoms with Crippen LogP contribution in [-0.2, 0) is 32.6 Å². The Morgan fingerprint density at radius 2 is 1.64 bits per heavy atom. The molecule has 0 bridgehead atoms. The van der Waals surface area contributed by atoms with E-state index in [1.807, 2.05) is 37.3 Å². The van der Waals surface area contributed by atoms with Crippen LogP contribution in [0, 0.1) is 5.82 Å². The highest BCUT2D eigenvalue weighted by Crippen LogP contribution is 2.35. The lowest BCUT2D eigenvalue weighted by Crippen LogP contribution is -2.53. The molecule has 0 aliphatic carbocycles. The number of anilines is 1. The zero-order valence-corrected chi connectivity index (χ0v) is 24.6. The van der Waals surface area contributed by atoms with Crippen molar-refractivity contribution in [1.82, 2.24) is 10.2 Å². The predicted octanol–water partition coefficient (Wildman–Crippen LogP) is 3.92.